The fraction of sp³-hybridized carbons (Fsp3) is 0.538. The van der Waals surface area contributed by atoms with Crippen molar-refractivity contribution in [2.24, 2.45) is 5.92 Å². The lowest BCUT2D eigenvalue weighted by atomic mass is 9.99. The number of sulfonamides is 1. The maximum absolute atomic E-state index is 12.4. The minimum absolute atomic E-state index is 0.0448. The van der Waals surface area contributed by atoms with E-state index in [1.54, 1.807) is 29.9 Å². The van der Waals surface area contributed by atoms with Crippen LogP contribution in [0.2, 0.25) is 0 Å². The van der Waals surface area contributed by atoms with Crippen molar-refractivity contribution in [3.63, 3.8) is 0 Å². The number of hydrogen-bond donors (Lipinski definition) is 1. The van der Waals surface area contributed by atoms with E-state index in [0.29, 0.717) is 31.0 Å². The van der Waals surface area contributed by atoms with Crippen LogP contribution >= 0.6 is 0 Å². The highest BCUT2D eigenvalue weighted by Gasteiger charge is 2.31. The number of fused-ring (bicyclic) bond motifs is 1. The summed E-state index contributed by atoms with van der Waals surface area (Å²) in [5.41, 5.74) is 0.529. The maximum atomic E-state index is 12.4. The summed E-state index contributed by atoms with van der Waals surface area (Å²) in [6, 6.07) is 0. The van der Waals surface area contributed by atoms with Crippen molar-refractivity contribution in [3.05, 3.63) is 18.6 Å². The number of piperidine rings is 1. The molecule has 1 N–H and O–H groups in total. The third-order valence-corrected chi connectivity index (χ3v) is 5.81. The van der Waals surface area contributed by atoms with Gasteiger partial charge in [0.15, 0.2) is 5.65 Å². The Hall–Kier alpha value is -2.07. The summed E-state index contributed by atoms with van der Waals surface area (Å²) in [5, 5.41) is 10.6. The minimum atomic E-state index is -3.27. The standard InChI is InChI=1S/C13H18N6O3S/c1-2-23(21,22)18-6-3-4-10(9-18)12(20)15-13-17-16-11-8-14-5-7-19(11)13/h5,7-8,10H,2-4,6,9H2,1H3,(H,15,17,20). The predicted octanol–water partition coefficient (Wildman–Crippen LogP) is 0.124. The lowest BCUT2D eigenvalue weighted by molar-refractivity contribution is -0.120. The van der Waals surface area contributed by atoms with Crippen molar-refractivity contribution in [1.29, 1.82) is 0 Å². The van der Waals surface area contributed by atoms with Gasteiger partial charge in [0.05, 0.1) is 17.9 Å². The first-order valence-corrected chi connectivity index (χ1v) is 9.05. The fourth-order valence-corrected chi connectivity index (χ4v) is 3.82. The van der Waals surface area contributed by atoms with Crippen LogP contribution in [0, 0.1) is 5.92 Å². The molecule has 1 saturated heterocycles. The van der Waals surface area contributed by atoms with E-state index in [2.05, 4.69) is 20.5 Å². The number of carbonyl (C=O) groups is 1. The lowest BCUT2D eigenvalue weighted by Gasteiger charge is -2.30. The van der Waals surface area contributed by atoms with Gasteiger partial charge in [0.2, 0.25) is 21.9 Å². The first-order valence-electron chi connectivity index (χ1n) is 7.44. The number of carbonyl (C=O) groups excluding carboxylic acids is 1. The minimum Gasteiger partial charge on any atom is -0.294 e. The van der Waals surface area contributed by atoms with Crippen molar-refractivity contribution in [3.8, 4) is 0 Å². The number of amides is 1. The molecule has 10 heteroatoms. The molecular formula is C13H18N6O3S. The largest absolute Gasteiger partial charge is 0.294 e. The van der Waals surface area contributed by atoms with Crippen molar-refractivity contribution >= 4 is 27.5 Å². The zero-order chi connectivity index (χ0) is 16.4. The number of aromatic nitrogens is 4. The summed E-state index contributed by atoms with van der Waals surface area (Å²) in [6.07, 6.45) is 6.09. The second-order valence-corrected chi connectivity index (χ2v) is 7.67. The average molecular weight is 338 g/mol. The summed E-state index contributed by atoms with van der Waals surface area (Å²) in [4.78, 5) is 16.4. The van der Waals surface area contributed by atoms with Crippen molar-refractivity contribution in [2.75, 3.05) is 24.2 Å². The van der Waals surface area contributed by atoms with Gasteiger partial charge in [-0.15, -0.1) is 10.2 Å². The van der Waals surface area contributed by atoms with E-state index in [0.717, 1.165) is 0 Å². The summed E-state index contributed by atoms with van der Waals surface area (Å²) in [6.45, 7) is 2.29. The van der Waals surface area contributed by atoms with Crippen LogP contribution in [0.1, 0.15) is 19.8 Å². The molecule has 1 aliphatic rings. The van der Waals surface area contributed by atoms with Crippen LogP contribution in [0.5, 0.6) is 0 Å². The Kier molecular flexibility index (Phi) is 4.26. The van der Waals surface area contributed by atoms with Gasteiger partial charge in [-0.1, -0.05) is 0 Å². The second-order valence-electron chi connectivity index (χ2n) is 5.42. The molecule has 124 valence electrons. The van der Waals surface area contributed by atoms with Crippen LogP contribution in [0.25, 0.3) is 5.65 Å². The quantitative estimate of drug-likeness (QED) is 0.848. The molecule has 9 nitrogen and oxygen atoms in total. The molecule has 0 radical (unpaired) electrons. The third kappa shape index (κ3) is 3.17. The molecule has 1 fully saturated rings. The van der Waals surface area contributed by atoms with Gasteiger partial charge < -0.3 is 0 Å². The Bertz CT molecular complexity index is 818. The van der Waals surface area contributed by atoms with E-state index >= 15 is 0 Å². The van der Waals surface area contributed by atoms with Crippen LogP contribution in [-0.4, -0.2) is 57.1 Å². The number of hydrogen-bond acceptors (Lipinski definition) is 6. The highest BCUT2D eigenvalue weighted by molar-refractivity contribution is 7.89. The molecule has 2 aromatic heterocycles. The molecule has 1 aliphatic heterocycles. The van der Waals surface area contributed by atoms with Gasteiger partial charge in [-0.3, -0.25) is 19.5 Å². The molecule has 23 heavy (non-hydrogen) atoms. The molecular weight excluding hydrogens is 320 g/mol. The molecule has 1 atom stereocenters. The Morgan fingerprint density at radius 3 is 3.04 bits per heavy atom. The predicted molar refractivity (Wildman–Crippen MR) is 83.2 cm³/mol. The number of nitrogens with zero attached hydrogens (tertiary/aromatic N) is 5. The third-order valence-electron chi connectivity index (χ3n) is 3.96. The van der Waals surface area contributed by atoms with E-state index in [-0.39, 0.29) is 24.1 Å². The Morgan fingerprint density at radius 2 is 2.26 bits per heavy atom. The highest BCUT2D eigenvalue weighted by Crippen LogP contribution is 2.21. The first-order chi connectivity index (χ1) is 11.0. The average Bonchev–Trinajstić information content (AvgIpc) is 2.98. The van der Waals surface area contributed by atoms with E-state index < -0.39 is 10.0 Å². The smallest absolute Gasteiger partial charge is 0.235 e. The van der Waals surface area contributed by atoms with Crippen LogP contribution in [0.4, 0.5) is 5.95 Å². The Balaban J connectivity index is 1.73. The lowest BCUT2D eigenvalue weighted by Crippen LogP contribution is -2.44. The summed E-state index contributed by atoms with van der Waals surface area (Å²) < 4.78 is 27.0. The number of anilines is 1. The normalized spacial score (nSPS) is 19.8. The topological polar surface area (TPSA) is 110 Å². The first kappa shape index (κ1) is 15.8. The van der Waals surface area contributed by atoms with Crippen molar-refractivity contribution in [1.82, 2.24) is 23.9 Å². The van der Waals surface area contributed by atoms with E-state index in [9.17, 15) is 13.2 Å². The molecule has 3 heterocycles. The number of rotatable bonds is 4. The zero-order valence-corrected chi connectivity index (χ0v) is 13.5. The van der Waals surface area contributed by atoms with Crippen molar-refractivity contribution < 1.29 is 13.2 Å². The molecule has 2 aromatic rings. The molecule has 0 spiro atoms. The van der Waals surface area contributed by atoms with Crippen LogP contribution < -0.4 is 5.32 Å². The van der Waals surface area contributed by atoms with Crippen LogP contribution in [0.15, 0.2) is 18.6 Å². The molecule has 0 aromatic carbocycles. The van der Waals surface area contributed by atoms with Gasteiger partial charge in [-0.05, 0) is 19.8 Å². The van der Waals surface area contributed by atoms with Gasteiger partial charge in [0, 0.05) is 25.5 Å². The second kappa shape index (κ2) is 6.20. The number of nitrogens with one attached hydrogen (secondary N) is 1. The molecule has 3 rings (SSSR count). The molecule has 1 amide bonds. The van der Waals surface area contributed by atoms with Gasteiger partial charge in [0.1, 0.15) is 0 Å². The van der Waals surface area contributed by atoms with Crippen molar-refractivity contribution in [2.45, 2.75) is 19.8 Å². The summed E-state index contributed by atoms with van der Waals surface area (Å²) in [5.74, 6) is -0.280. The SMILES string of the molecule is CCS(=O)(=O)N1CCCC(C(=O)Nc2nnc3cnccn23)C1. The molecule has 0 bridgehead atoms. The fourth-order valence-electron chi connectivity index (χ4n) is 2.64. The summed E-state index contributed by atoms with van der Waals surface area (Å²) in [7, 11) is -3.27. The Morgan fingerprint density at radius 1 is 1.43 bits per heavy atom. The Labute approximate surface area is 133 Å². The molecule has 1 unspecified atom stereocenters. The van der Waals surface area contributed by atoms with Crippen LogP contribution in [-0.2, 0) is 14.8 Å². The van der Waals surface area contributed by atoms with E-state index in [4.69, 9.17) is 0 Å². The summed E-state index contributed by atoms with van der Waals surface area (Å²) >= 11 is 0. The zero-order valence-electron chi connectivity index (χ0n) is 12.7. The van der Waals surface area contributed by atoms with Crippen LogP contribution in [0.3, 0.4) is 0 Å². The van der Waals surface area contributed by atoms with Gasteiger partial charge in [0.25, 0.3) is 0 Å². The monoisotopic (exact) mass is 338 g/mol. The maximum Gasteiger partial charge on any atom is 0.235 e. The van der Waals surface area contributed by atoms with Gasteiger partial charge in [-0.2, -0.15) is 0 Å². The highest BCUT2D eigenvalue weighted by atomic mass is 32.2. The van der Waals surface area contributed by atoms with Gasteiger partial charge >= 0.3 is 0 Å². The van der Waals surface area contributed by atoms with Gasteiger partial charge in [-0.25, -0.2) is 12.7 Å². The molecule has 0 saturated carbocycles. The van der Waals surface area contributed by atoms with E-state index in [1.165, 1.54) is 4.31 Å². The van der Waals surface area contributed by atoms with E-state index in [1.807, 2.05) is 0 Å². The molecule has 0 aliphatic carbocycles.